The number of hydrogen-bond acceptors (Lipinski definition) is 3. The van der Waals surface area contributed by atoms with Gasteiger partial charge in [-0.25, -0.2) is 0 Å². The van der Waals surface area contributed by atoms with Crippen LogP contribution in [0.3, 0.4) is 0 Å². The molecular weight excluding hydrogens is 180 g/mol. The van der Waals surface area contributed by atoms with E-state index in [-0.39, 0.29) is 11.9 Å². The lowest BCUT2D eigenvalue weighted by Gasteiger charge is -2.41. The molecule has 0 bridgehead atoms. The maximum Gasteiger partial charge on any atom is 0.234 e. The summed E-state index contributed by atoms with van der Waals surface area (Å²) in [6.45, 7) is 4.42. The van der Waals surface area contributed by atoms with Crippen molar-refractivity contribution in [2.75, 3.05) is 6.54 Å². The van der Waals surface area contributed by atoms with Crippen LogP contribution in [0.5, 0.6) is 0 Å². The summed E-state index contributed by atoms with van der Waals surface area (Å²) < 4.78 is 0. The van der Waals surface area contributed by atoms with Gasteiger partial charge in [0.25, 0.3) is 0 Å². The van der Waals surface area contributed by atoms with Crippen LogP contribution in [0.1, 0.15) is 33.1 Å². The summed E-state index contributed by atoms with van der Waals surface area (Å²) in [6.07, 6.45) is 3.70. The molecule has 1 atom stereocenters. The number of piperidine rings is 1. The molecule has 0 aromatic heterocycles. The van der Waals surface area contributed by atoms with E-state index in [2.05, 4.69) is 0 Å². The molecule has 0 aliphatic carbocycles. The SMILES string of the molecule is CC(C)(C=O)N1CCCCC1C(N)=O. The molecule has 1 fully saturated rings. The van der Waals surface area contributed by atoms with Crippen LogP contribution in [0.2, 0.25) is 0 Å². The summed E-state index contributed by atoms with van der Waals surface area (Å²) in [5.74, 6) is -0.320. The zero-order chi connectivity index (χ0) is 10.8. The number of hydrogen-bond donors (Lipinski definition) is 1. The van der Waals surface area contributed by atoms with Crippen molar-refractivity contribution in [3.05, 3.63) is 0 Å². The van der Waals surface area contributed by atoms with Crippen molar-refractivity contribution in [2.45, 2.75) is 44.7 Å². The van der Waals surface area contributed by atoms with Gasteiger partial charge in [0.1, 0.15) is 6.29 Å². The first-order valence-electron chi connectivity index (χ1n) is 5.01. The van der Waals surface area contributed by atoms with Crippen molar-refractivity contribution in [3.63, 3.8) is 0 Å². The Balaban J connectivity index is 2.82. The predicted octanol–water partition coefficient (Wildman–Crippen LogP) is 0.304. The zero-order valence-electron chi connectivity index (χ0n) is 8.82. The lowest BCUT2D eigenvalue weighted by Crippen LogP contribution is -2.57. The molecule has 1 saturated heterocycles. The average molecular weight is 198 g/mol. The highest BCUT2D eigenvalue weighted by molar-refractivity contribution is 5.81. The quantitative estimate of drug-likeness (QED) is 0.663. The number of rotatable bonds is 3. The van der Waals surface area contributed by atoms with Gasteiger partial charge in [-0.05, 0) is 33.2 Å². The molecule has 0 aromatic rings. The van der Waals surface area contributed by atoms with Crippen molar-refractivity contribution < 1.29 is 9.59 Å². The highest BCUT2D eigenvalue weighted by Crippen LogP contribution is 2.24. The van der Waals surface area contributed by atoms with Crippen LogP contribution in [0, 0.1) is 0 Å². The molecule has 14 heavy (non-hydrogen) atoms. The van der Waals surface area contributed by atoms with Gasteiger partial charge in [0.15, 0.2) is 0 Å². The first-order valence-corrected chi connectivity index (χ1v) is 5.01. The monoisotopic (exact) mass is 198 g/mol. The Labute approximate surface area is 84.4 Å². The van der Waals surface area contributed by atoms with Crippen LogP contribution in [-0.2, 0) is 9.59 Å². The van der Waals surface area contributed by atoms with Gasteiger partial charge >= 0.3 is 0 Å². The van der Waals surface area contributed by atoms with Crippen molar-refractivity contribution in [1.82, 2.24) is 4.90 Å². The summed E-state index contributed by atoms with van der Waals surface area (Å²) in [4.78, 5) is 24.0. The molecule has 0 saturated carbocycles. The Hall–Kier alpha value is -0.900. The van der Waals surface area contributed by atoms with Gasteiger partial charge in [-0.15, -0.1) is 0 Å². The maximum atomic E-state index is 11.2. The number of carbonyl (C=O) groups is 2. The average Bonchev–Trinajstić information content (AvgIpc) is 2.18. The van der Waals surface area contributed by atoms with Gasteiger partial charge in [-0.3, -0.25) is 9.69 Å². The third-order valence-corrected chi connectivity index (χ3v) is 2.86. The first kappa shape index (κ1) is 11.2. The normalized spacial score (nSPS) is 24.6. The summed E-state index contributed by atoms with van der Waals surface area (Å²) in [7, 11) is 0. The number of likely N-dealkylation sites (tertiary alicyclic amines) is 1. The van der Waals surface area contributed by atoms with E-state index in [4.69, 9.17) is 5.73 Å². The maximum absolute atomic E-state index is 11.2. The van der Waals surface area contributed by atoms with Gasteiger partial charge in [0, 0.05) is 0 Å². The molecule has 1 heterocycles. The molecule has 1 amide bonds. The molecule has 0 aromatic carbocycles. The van der Waals surface area contributed by atoms with Crippen molar-refractivity contribution >= 4 is 12.2 Å². The fourth-order valence-electron chi connectivity index (χ4n) is 1.98. The van der Waals surface area contributed by atoms with E-state index in [0.717, 1.165) is 32.1 Å². The van der Waals surface area contributed by atoms with E-state index in [0.29, 0.717) is 0 Å². The Kier molecular flexibility index (Phi) is 3.26. The Morgan fingerprint density at radius 3 is 2.64 bits per heavy atom. The first-order chi connectivity index (χ1) is 6.49. The number of aldehydes is 1. The molecule has 0 radical (unpaired) electrons. The van der Waals surface area contributed by atoms with Crippen molar-refractivity contribution in [3.8, 4) is 0 Å². The lowest BCUT2D eigenvalue weighted by molar-refractivity contribution is -0.130. The van der Waals surface area contributed by atoms with Crippen LogP contribution < -0.4 is 5.73 Å². The van der Waals surface area contributed by atoms with Gasteiger partial charge < -0.3 is 10.5 Å². The van der Waals surface area contributed by atoms with Crippen LogP contribution in [-0.4, -0.2) is 35.2 Å². The number of nitrogens with zero attached hydrogens (tertiary/aromatic N) is 1. The second-order valence-electron chi connectivity index (χ2n) is 4.38. The highest BCUT2D eigenvalue weighted by Gasteiger charge is 2.36. The summed E-state index contributed by atoms with van der Waals surface area (Å²) in [5.41, 5.74) is 4.73. The topological polar surface area (TPSA) is 63.4 Å². The smallest absolute Gasteiger partial charge is 0.234 e. The number of primary amides is 1. The Bertz CT molecular complexity index is 238. The second kappa shape index (κ2) is 4.09. The molecule has 1 aliphatic heterocycles. The Morgan fingerprint density at radius 1 is 1.50 bits per heavy atom. The van der Waals surface area contributed by atoms with E-state index in [9.17, 15) is 9.59 Å². The molecule has 0 spiro atoms. The van der Waals surface area contributed by atoms with Crippen molar-refractivity contribution in [2.24, 2.45) is 5.73 Å². The third kappa shape index (κ3) is 2.12. The van der Waals surface area contributed by atoms with Crippen molar-refractivity contribution in [1.29, 1.82) is 0 Å². The summed E-state index contributed by atoms with van der Waals surface area (Å²) in [6, 6.07) is -0.274. The number of amides is 1. The number of nitrogens with two attached hydrogens (primary N) is 1. The molecule has 1 aliphatic rings. The highest BCUT2D eigenvalue weighted by atomic mass is 16.1. The van der Waals surface area contributed by atoms with Crippen LogP contribution in [0.4, 0.5) is 0 Å². The van der Waals surface area contributed by atoms with Gasteiger partial charge in [-0.1, -0.05) is 6.42 Å². The minimum atomic E-state index is -0.583. The molecule has 4 nitrogen and oxygen atoms in total. The van der Waals surface area contributed by atoms with Gasteiger partial charge in [0.2, 0.25) is 5.91 Å². The minimum Gasteiger partial charge on any atom is -0.368 e. The third-order valence-electron chi connectivity index (χ3n) is 2.86. The Morgan fingerprint density at radius 2 is 2.14 bits per heavy atom. The fourth-order valence-corrected chi connectivity index (χ4v) is 1.98. The molecule has 1 rings (SSSR count). The van der Waals surface area contributed by atoms with Crippen LogP contribution in [0.25, 0.3) is 0 Å². The molecule has 2 N–H and O–H groups in total. The second-order valence-corrected chi connectivity index (χ2v) is 4.38. The lowest BCUT2D eigenvalue weighted by atomic mass is 9.94. The van der Waals surface area contributed by atoms with E-state index in [1.165, 1.54) is 0 Å². The van der Waals surface area contributed by atoms with Crippen LogP contribution in [0.15, 0.2) is 0 Å². The molecular formula is C10H18N2O2. The minimum absolute atomic E-state index is 0.274. The van der Waals surface area contributed by atoms with Gasteiger partial charge in [-0.2, -0.15) is 0 Å². The van der Waals surface area contributed by atoms with Gasteiger partial charge in [0.05, 0.1) is 11.6 Å². The summed E-state index contributed by atoms with van der Waals surface area (Å²) >= 11 is 0. The standard InChI is InChI=1S/C10H18N2O2/c1-10(2,7-13)12-6-4-3-5-8(12)9(11)14/h7-8H,3-6H2,1-2H3,(H2,11,14). The van der Waals surface area contributed by atoms with E-state index < -0.39 is 5.54 Å². The predicted molar refractivity (Wildman–Crippen MR) is 53.7 cm³/mol. The largest absolute Gasteiger partial charge is 0.368 e. The number of carbonyl (C=O) groups excluding carboxylic acids is 2. The summed E-state index contributed by atoms with van der Waals surface area (Å²) in [5, 5.41) is 0. The van der Waals surface area contributed by atoms with E-state index >= 15 is 0 Å². The molecule has 80 valence electrons. The molecule has 4 heteroatoms. The van der Waals surface area contributed by atoms with E-state index in [1.54, 1.807) is 0 Å². The van der Waals surface area contributed by atoms with E-state index in [1.807, 2.05) is 18.7 Å². The zero-order valence-corrected chi connectivity index (χ0v) is 8.82. The van der Waals surface area contributed by atoms with Crippen LogP contribution >= 0.6 is 0 Å². The molecule has 1 unspecified atom stereocenters. The fraction of sp³-hybridized carbons (Fsp3) is 0.800.